The van der Waals surface area contributed by atoms with Gasteiger partial charge in [0.25, 0.3) is 0 Å². The highest BCUT2D eigenvalue weighted by Crippen LogP contribution is 2.55. The Bertz CT molecular complexity index is 219. The van der Waals surface area contributed by atoms with Crippen molar-refractivity contribution in [2.75, 3.05) is 0 Å². The van der Waals surface area contributed by atoms with Crippen LogP contribution < -0.4 is 0 Å². The van der Waals surface area contributed by atoms with Crippen LogP contribution in [0.1, 0.15) is 44.9 Å². The minimum absolute atomic E-state index is 0.490. The van der Waals surface area contributed by atoms with Gasteiger partial charge in [-0.15, -0.1) is 0 Å². The van der Waals surface area contributed by atoms with Gasteiger partial charge in [-0.3, -0.25) is 4.79 Å². The molecule has 0 radical (unpaired) electrons. The second kappa shape index (κ2) is 2.83. The summed E-state index contributed by atoms with van der Waals surface area (Å²) in [6.45, 7) is 0. The summed E-state index contributed by atoms with van der Waals surface area (Å²) in [6.07, 6.45) is 8.87. The minimum atomic E-state index is 0.490. The number of ketones is 1. The van der Waals surface area contributed by atoms with E-state index in [1.165, 1.54) is 38.5 Å². The molecule has 0 amide bonds. The fraction of sp³-hybridized carbons (Fsp3) is 0.917. The Labute approximate surface area is 79.9 Å². The van der Waals surface area contributed by atoms with Crippen molar-refractivity contribution in [2.45, 2.75) is 44.9 Å². The summed E-state index contributed by atoms with van der Waals surface area (Å²) in [4.78, 5) is 11.8. The molecular weight excluding hydrogens is 160 g/mol. The first-order valence-corrected chi connectivity index (χ1v) is 5.85. The summed E-state index contributed by atoms with van der Waals surface area (Å²) < 4.78 is 0. The molecule has 3 saturated carbocycles. The van der Waals surface area contributed by atoms with Gasteiger partial charge in [-0.05, 0) is 37.0 Å². The number of carbonyl (C=O) groups is 1. The van der Waals surface area contributed by atoms with Crippen molar-refractivity contribution >= 4 is 5.78 Å². The van der Waals surface area contributed by atoms with Gasteiger partial charge in [-0.2, -0.15) is 0 Å². The molecule has 0 bridgehead atoms. The molecule has 3 aliphatic carbocycles. The number of fused-ring (bicyclic) bond motifs is 1. The van der Waals surface area contributed by atoms with Crippen molar-refractivity contribution < 1.29 is 4.79 Å². The predicted octanol–water partition coefficient (Wildman–Crippen LogP) is 2.79. The molecule has 0 aliphatic heterocycles. The van der Waals surface area contributed by atoms with Gasteiger partial charge in [0, 0.05) is 12.3 Å². The second-order valence-electron chi connectivity index (χ2n) is 5.39. The van der Waals surface area contributed by atoms with E-state index in [9.17, 15) is 4.79 Å². The number of Topliss-reactive ketones (excluding diaryl/α,β-unsaturated/α-hetero) is 1. The van der Waals surface area contributed by atoms with E-state index < -0.39 is 0 Å². The number of carbonyl (C=O) groups excluding carboxylic acids is 1. The molecule has 0 aromatic carbocycles. The normalized spacial score (nSPS) is 42.6. The quantitative estimate of drug-likeness (QED) is 0.649. The van der Waals surface area contributed by atoms with Crippen LogP contribution in [0.2, 0.25) is 0 Å². The maximum absolute atomic E-state index is 11.8. The molecule has 1 heteroatoms. The molecule has 13 heavy (non-hydrogen) atoms. The van der Waals surface area contributed by atoms with Crippen molar-refractivity contribution in [1.29, 1.82) is 0 Å². The summed E-state index contributed by atoms with van der Waals surface area (Å²) in [5.41, 5.74) is 0. The maximum Gasteiger partial charge on any atom is 0.136 e. The van der Waals surface area contributed by atoms with E-state index in [4.69, 9.17) is 0 Å². The van der Waals surface area contributed by atoms with Crippen LogP contribution >= 0.6 is 0 Å². The molecule has 0 aromatic rings. The van der Waals surface area contributed by atoms with E-state index in [1.54, 1.807) is 0 Å². The third-order valence-corrected chi connectivity index (χ3v) is 4.41. The topological polar surface area (TPSA) is 17.1 Å². The standard InChI is InChI=1S/C12H18O/c13-12(4-8-2-1-3-8)11-6-9-5-10(9)7-11/h8-11H,1-7H2. The molecule has 3 fully saturated rings. The van der Waals surface area contributed by atoms with Crippen LogP contribution in [0.5, 0.6) is 0 Å². The lowest BCUT2D eigenvalue weighted by Gasteiger charge is -2.25. The molecule has 0 spiro atoms. The highest BCUT2D eigenvalue weighted by atomic mass is 16.1. The molecule has 1 nitrogen and oxygen atoms in total. The van der Waals surface area contributed by atoms with Gasteiger partial charge < -0.3 is 0 Å². The van der Waals surface area contributed by atoms with Gasteiger partial charge >= 0.3 is 0 Å². The Morgan fingerprint density at radius 1 is 1.08 bits per heavy atom. The van der Waals surface area contributed by atoms with Crippen molar-refractivity contribution in [2.24, 2.45) is 23.7 Å². The zero-order valence-corrected chi connectivity index (χ0v) is 8.17. The number of hydrogen-bond donors (Lipinski definition) is 0. The average Bonchev–Trinajstić information content (AvgIpc) is 2.66. The van der Waals surface area contributed by atoms with Crippen molar-refractivity contribution in [3.8, 4) is 0 Å². The van der Waals surface area contributed by atoms with Crippen LogP contribution in [-0.2, 0) is 4.79 Å². The summed E-state index contributed by atoms with van der Waals surface area (Å²) >= 11 is 0. The first kappa shape index (κ1) is 8.02. The van der Waals surface area contributed by atoms with Crippen LogP contribution in [0.15, 0.2) is 0 Å². The maximum atomic E-state index is 11.8. The van der Waals surface area contributed by atoms with Gasteiger partial charge in [-0.1, -0.05) is 19.3 Å². The summed E-state index contributed by atoms with van der Waals surface area (Å²) in [5.74, 6) is 3.82. The second-order valence-corrected chi connectivity index (χ2v) is 5.39. The first-order chi connectivity index (χ1) is 6.33. The Balaban J connectivity index is 1.50. The zero-order valence-electron chi connectivity index (χ0n) is 8.17. The molecule has 0 heterocycles. The Morgan fingerprint density at radius 2 is 1.77 bits per heavy atom. The Morgan fingerprint density at radius 3 is 2.31 bits per heavy atom. The van der Waals surface area contributed by atoms with E-state index in [2.05, 4.69) is 0 Å². The van der Waals surface area contributed by atoms with Gasteiger partial charge in [0.2, 0.25) is 0 Å². The molecule has 0 N–H and O–H groups in total. The molecule has 0 saturated heterocycles. The van der Waals surface area contributed by atoms with E-state index >= 15 is 0 Å². The molecule has 3 aliphatic rings. The highest BCUT2D eigenvalue weighted by molar-refractivity contribution is 5.81. The molecular formula is C12H18O. The van der Waals surface area contributed by atoms with Gasteiger partial charge in [-0.25, -0.2) is 0 Å². The van der Waals surface area contributed by atoms with Crippen molar-refractivity contribution in [3.05, 3.63) is 0 Å². The van der Waals surface area contributed by atoms with E-state index in [1.807, 2.05) is 0 Å². The average molecular weight is 178 g/mol. The van der Waals surface area contributed by atoms with Crippen molar-refractivity contribution in [3.63, 3.8) is 0 Å². The van der Waals surface area contributed by atoms with Gasteiger partial charge in [0.05, 0.1) is 0 Å². The lowest BCUT2D eigenvalue weighted by Crippen LogP contribution is -2.21. The lowest BCUT2D eigenvalue weighted by molar-refractivity contribution is -0.124. The Hall–Kier alpha value is -0.330. The molecule has 3 rings (SSSR count). The van der Waals surface area contributed by atoms with Gasteiger partial charge in [0.15, 0.2) is 0 Å². The van der Waals surface area contributed by atoms with Crippen LogP contribution in [0.25, 0.3) is 0 Å². The minimum Gasteiger partial charge on any atom is -0.299 e. The van der Waals surface area contributed by atoms with Crippen LogP contribution in [0.3, 0.4) is 0 Å². The first-order valence-electron chi connectivity index (χ1n) is 5.85. The largest absolute Gasteiger partial charge is 0.299 e. The van der Waals surface area contributed by atoms with Crippen LogP contribution in [0, 0.1) is 23.7 Å². The number of hydrogen-bond acceptors (Lipinski definition) is 1. The van der Waals surface area contributed by atoms with Crippen LogP contribution in [0.4, 0.5) is 0 Å². The SMILES string of the molecule is O=C(CC1CCC1)C1CC2CC2C1. The molecule has 2 atom stereocenters. The van der Waals surface area contributed by atoms with E-state index in [-0.39, 0.29) is 0 Å². The molecule has 0 aromatic heterocycles. The fourth-order valence-electron chi connectivity index (χ4n) is 3.13. The lowest BCUT2D eigenvalue weighted by atomic mass is 9.79. The third-order valence-electron chi connectivity index (χ3n) is 4.41. The molecule has 72 valence electrons. The fourth-order valence-corrected chi connectivity index (χ4v) is 3.13. The summed E-state index contributed by atoms with van der Waals surface area (Å²) in [5, 5.41) is 0. The molecule has 2 unspecified atom stereocenters. The monoisotopic (exact) mass is 178 g/mol. The number of rotatable bonds is 3. The van der Waals surface area contributed by atoms with Gasteiger partial charge in [0.1, 0.15) is 5.78 Å². The summed E-state index contributed by atoms with van der Waals surface area (Å²) in [6, 6.07) is 0. The Kier molecular flexibility index (Phi) is 1.75. The van der Waals surface area contributed by atoms with Crippen LogP contribution in [-0.4, -0.2) is 5.78 Å². The highest BCUT2D eigenvalue weighted by Gasteiger charge is 2.47. The smallest absolute Gasteiger partial charge is 0.136 e. The third kappa shape index (κ3) is 1.43. The van der Waals surface area contributed by atoms with E-state index in [0.717, 1.165) is 24.2 Å². The van der Waals surface area contributed by atoms with Crippen molar-refractivity contribution in [1.82, 2.24) is 0 Å². The summed E-state index contributed by atoms with van der Waals surface area (Å²) in [7, 11) is 0. The zero-order chi connectivity index (χ0) is 8.84. The predicted molar refractivity (Wildman–Crippen MR) is 51.3 cm³/mol. The van der Waals surface area contributed by atoms with E-state index in [0.29, 0.717) is 11.7 Å².